The second-order valence-corrected chi connectivity index (χ2v) is 11.9. The summed E-state index contributed by atoms with van der Waals surface area (Å²) in [6.45, 7) is 0. The zero-order valence-corrected chi connectivity index (χ0v) is 23.9. The van der Waals surface area contributed by atoms with Crippen LogP contribution in [0, 0.1) is 17.0 Å². The van der Waals surface area contributed by atoms with Gasteiger partial charge in [0.25, 0.3) is 0 Å². The van der Waals surface area contributed by atoms with Crippen LogP contribution >= 0.6 is 22.9 Å². The number of amides is 2. The van der Waals surface area contributed by atoms with Gasteiger partial charge in [0.15, 0.2) is 5.13 Å². The summed E-state index contributed by atoms with van der Waals surface area (Å²) in [5.74, 6) is -1.18. The molecular weight excluding hydrogens is 555 g/mol. The van der Waals surface area contributed by atoms with Crippen LogP contribution < -0.4 is 9.80 Å². The Morgan fingerprint density at radius 2 is 1.98 bits per heavy atom. The molecular formula is C29H30ClFN4O4S. The number of hydrogen-bond donors (Lipinski definition) is 1. The Bertz CT molecular complexity index is 1470. The number of anilines is 2. The van der Waals surface area contributed by atoms with Crippen molar-refractivity contribution in [2.75, 3.05) is 23.9 Å². The predicted molar refractivity (Wildman–Crippen MR) is 153 cm³/mol. The first-order valence-corrected chi connectivity index (χ1v) is 14.5. The minimum absolute atomic E-state index is 0.00417. The number of carboxylic acid groups (broad SMARTS) is 1. The van der Waals surface area contributed by atoms with Gasteiger partial charge in [-0.05, 0) is 48.1 Å². The summed E-state index contributed by atoms with van der Waals surface area (Å²) in [5.41, 5.74) is 2.80. The third-order valence-corrected chi connectivity index (χ3v) is 9.00. The van der Waals surface area contributed by atoms with Gasteiger partial charge in [0, 0.05) is 48.8 Å². The first kappa shape index (κ1) is 28.2. The molecule has 1 N–H and O–H groups in total. The van der Waals surface area contributed by atoms with Crippen LogP contribution in [0.1, 0.15) is 50.5 Å². The highest BCUT2D eigenvalue weighted by Crippen LogP contribution is 2.40. The number of thiazole rings is 1. The van der Waals surface area contributed by atoms with Crippen molar-refractivity contribution in [3.05, 3.63) is 46.2 Å². The van der Waals surface area contributed by atoms with Crippen molar-refractivity contribution in [1.82, 2.24) is 9.97 Å². The third-order valence-electron chi connectivity index (χ3n) is 7.85. The lowest BCUT2D eigenvalue weighted by Crippen LogP contribution is -2.35. The summed E-state index contributed by atoms with van der Waals surface area (Å²) >= 11 is 7.06. The molecule has 2 aliphatic rings. The van der Waals surface area contributed by atoms with Crippen LogP contribution in [0.4, 0.5) is 15.3 Å². The molecule has 0 bridgehead atoms. The van der Waals surface area contributed by atoms with Gasteiger partial charge >= 0.3 is 5.97 Å². The number of fused-ring (bicyclic) bond motifs is 1. The number of nitrogens with zero attached hydrogens (tertiary/aromatic N) is 4. The van der Waals surface area contributed by atoms with Gasteiger partial charge in [-0.25, -0.2) is 9.97 Å². The van der Waals surface area contributed by atoms with Crippen LogP contribution in [0.2, 0.25) is 5.02 Å². The average molecular weight is 585 g/mol. The molecule has 1 aromatic carbocycles. The number of pyridine rings is 1. The molecule has 1 fully saturated rings. The molecule has 1 atom stereocenters. The second kappa shape index (κ2) is 11.6. The number of carbonyl (C=O) groups is 3. The number of rotatable bonds is 8. The van der Waals surface area contributed by atoms with E-state index in [2.05, 4.69) is 9.97 Å². The van der Waals surface area contributed by atoms with Gasteiger partial charge in [0.05, 0.1) is 6.42 Å². The molecule has 0 radical (unpaired) electrons. The third kappa shape index (κ3) is 5.74. The first-order valence-electron chi connectivity index (χ1n) is 13.3. The zero-order valence-electron chi connectivity index (χ0n) is 22.3. The number of halogens is 2. The van der Waals surface area contributed by atoms with Gasteiger partial charge in [0.2, 0.25) is 16.9 Å². The summed E-state index contributed by atoms with van der Waals surface area (Å²) < 4.78 is 15.5. The fraction of sp³-hybridized carbons (Fsp3) is 0.414. The number of hydrogen-bond acceptors (Lipinski definition) is 6. The second-order valence-electron chi connectivity index (χ2n) is 10.5. The minimum atomic E-state index is -1.03. The highest BCUT2D eigenvalue weighted by molar-refractivity contribution is 7.14. The van der Waals surface area contributed by atoms with Crippen LogP contribution in [0.5, 0.6) is 0 Å². The van der Waals surface area contributed by atoms with Gasteiger partial charge in [-0.2, -0.15) is 4.39 Å². The Kier molecular flexibility index (Phi) is 8.19. The van der Waals surface area contributed by atoms with Gasteiger partial charge in [-0.3, -0.25) is 24.2 Å². The average Bonchev–Trinajstić information content (AvgIpc) is 3.58. The lowest BCUT2D eigenvalue weighted by molar-refractivity contribution is -0.140. The van der Waals surface area contributed by atoms with Crippen LogP contribution in [0.25, 0.3) is 22.4 Å². The number of aryl methyl sites for hydroxylation is 1. The van der Waals surface area contributed by atoms with Gasteiger partial charge in [-0.1, -0.05) is 54.7 Å². The van der Waals surface area contributed by atoms with E-state index in [-0.39, 0.29) is 29.1 Å². The summed E-state index contributed by atoms with van der Waals surface area (Å²) in [5, 5.41) is 9.40. The smallest absolute Gasteiger partial charge is 0.304 e. The Balaban J connectivity index is 1.47. The van der Waals surface area contributed by atoms with Gasteiger partial charge in [-0.15, -0.1) is 0 Å². The van der Waals surface area contributed by atoms with E-state index in [4.69, 9.17) is 11.6 Å². The van der Waals surface area contributed by atoms with Crippen LogP contribution in [0.3, 0.4) is 0 Å². The molecule has 11 heteroatoms. The molecule has 40 heavy (non-hydrogen) atoms. The van der Waals surface area contributed by atoms with E-state index in [0.717, 1.165) is 48.1 Å². The van der Waals surface area contributed by atoms with E-state index in [1.54, 1.807) is 31.4 Å². The fourth-order valence-electron chi connectivity index (χ4n) is 5.73. The Labute approximate surface area is 240 Å². The maximum atomic E-state index is 15.5. The normalized spacial score (nSPS) is 16.2. The maximum absolute atomic E-state index is 15.5. The lowest BCUT2D eigenvalue weighted by Gasteiger charge is -2.25. The molecule has 1 aliphatic carbocycles. The van der Waals surface area contributed by atoms with E-state index in [9.17, 15) is 19.5 Å². The van der Waals surface area contributed by atoms with E-state index >= 15 is 4.39 Å². The van der Waals surface area contributed by atoms with Crippen LogP contribution in [-0.4, -0.2) is 47.0 Å². The van der Waals surface area contributed by atoms with E-state index in [1.807, 2.05) is 6.07 Å². The Morgan fingerprint density at radius 3 is 2.70 bits per heavy atom. The topological polar surface area (TPSA) is 104 Å². The quantitative estimate of drug-likeness (QED) is 0.338. The van der Waals surface area contributed by atoms with E-state index < -0.39 is 17.0 Å². The highest BCUT2D eigenvalue weighted by Gasteiger charge is 2.32. The van der Waals surface area contributed by atoms with Gasteiger partial charge < -0.3 is 5.11 Å². The molecule has 1 aliphatic heterocycles. The molecule has 0 spiro atoms. The summed E-state index contributed by atoms with van der Waals surface area (Å²) in [4.78, 5) is 48.8. The SMILES string of the molecule is CN(C(=O)C(CC(=O)O)CC1CCCC1)c1nc(-c2cc(Cl)ccc2-c2cnc3c(c2)CCC(=O)N3C)c(F)s1. The number of carbonyl (C=O) groups excluding carboxylic acids is 2. The van der Waals surface area contributed by atoms with Crippen molar-refractivity contribution in [1.29, 1.82) is 0 Å². The molecule has 1 saturated carbocycles. The summed E-state index contributed by atoms with van der Waals surface area (Å²) in [7, 11) is 3.21. The standard InChI is InChI=1S/C29H30ClFN4O4S/c1-34-23(36)10-7-17-12-19(15-32-27(17)34)21-9-8-20(30)14-22(21)25-26(31)40-29(33-25)35(2)28(39)18(13-24(37)38)11-16-5-3-4-6-16/h8-9,12,14-16,18H,3-7,10-11,13H2,1-2H3,(H,37,38). The molecule has 2 amide bonds. The lowest BCUT2D eigenvalue weighted by atomic mass is 9.90. The van der Waals surface area contributed by atoms with Crippen LogP contribution in [-0.2, 0) is 20.8 Å². The number of carboxylic acids is 1. The van der Waals surface area contributed by atoms with Crippen molar-refractivity contribution >= 4 is 51.7 Å². The molecule has 2 aromatic heterocycles. The van der Waals surface area contributed by atoms with Crippen molar-refractivity contribution in [2.45, 2.75) is 51.4 Å². The molecule has 8 nitrogen and oxygen atoms in total. The van der Waals surface area contributed by atoms with Gasteiger partial charge in [0.1, 0.15) is 11.5 Å². The highest BCUT2D eigenvalue weighted by atomic mass is 35.5. The predicted octanol–water partition coefficient (Wildman–Crippen LogP) is 6.21. The maximum Gasteiger partial charge on any atom is 0.304 e. The minimum Gasteiger partial charge on any atom is -0.481 e. The number of aliphatic carboxylic acids is 1. The Hall–Kier alpha value is -3.37. The summed E-state index contributed by atoms with van der Waals surface area (Å²) in [6.07, 6.45) is 6.97. The zero-order chi connectivity index (χ0) is 28.6. The number of benzene rings is 1. The molecule has 5 rings (SSSR count). The molecule has 3 aromatic rings. The van der Waals surface area contributed by atoms with Crippen LogP contribution in [0.15, 0.2) is 30.5 Å². The monoisotopic (exact) mass is 584 g/mol. The Morgan fingerprint density at radius 1 is 1.23 bits per heavy atom. The molecule has 210 valence electrons. The molecule has 0 saturated heterocycles. The van der Waals surface area contributed by atoms with Crippen molar-refractivity contribution in [3.63, 3.8) is 0 Å². The number of aromatic nitrogens is 2. The first-order chi connectivity index (χ1) is 19.1. The molecule has 3 heterocycles. The van der Waals surface area contributed by atoms with E-state index in [0.29, 0.717) is 47.1 Å². The van der Waals surface area contributed by atoms with Crippen molar-refractivity contribution in [2.24, 2.45) is 11.8 Å². The fourth-order valence-corrected chi connectivity index (χ4v) is 6.68. The summed E-state index contributed by atoms with van der Waals surface area (Å²) in [6, 6.07) is 7.05. The van der Waals surface area contributed by atoms with E-state index in [1.165, 1.54) is 16.8 Å². The van der Waals surface area contributed by atoms with Crippen molar-refractivity contribution in [3.8, 4) is 22.4 Å². The van der Waals surface area contributed by atoms with Crippen molar-refractivity contribution < 1.29 is 23.9 Å². The molecule has 1 unspecified atom stereocenters. The largest absolute Gasteiger partial charge is 0.481 e.